The first kappa shape index (κ1) is 74.6. The van der Waals surface area contributed by atoms with Gasteiger partial charge in [0, 0.05) is 13.7 Å². The highest BCUT2D eigenvalue weighted by Gasteiger charge is 2.44. The molecule has 53 heavy (non-hydrogen) atoms. The zero-order valence-corrected chi connectivity index (χ0v) is 30.6. The van der Waals surface area contributed by atoms with Crippen LogP contribution in [0.25, 0.3) is 0 Å². The Morgan fingerprint density at radius 2 is 1.00 bits per heavy atom. The minimum atomic E-state index is -2.91. The molecule has 0 fully saturated rings. The Hall–Kier alpha value is -3.55. The monoisotopic (exact) mass is 787 g/mol. The van der Waals surface area contributed by atoms with Crippen LogP contribution in [0.3, 0.4) is 0 Å². The number of nitrogens with zero attached hydrogens (tertiary/aromatic N) is 1. The Kier molecular flexibility index (Phi) is 58.0. The lowest BCUT2D eigenvalue weighted by molar-refractivity contribution is -0.909. The lowest BCUT2D eigenvalue weighted by Gasteiger charge is -2.38. The van der Waals surface area contributed by atoms with E-state index in [0.29, 0.717) is 19.8 Å². The molecule has 0 saturated carbocycles. The highest BCUT2D eigenvalue weighted by atomic mass is 28.5. The molecule has 9 heteroatoms. The molecule has 3 unspecified atom stereocenters. The van der Waals surface area contributed by atoms with E-state index in [9.17, 15) is 5.11 Å². The first-order valence-electron chi connectivity index (χ1n) is 14.3. The van der Waals surface area contributed by atoms with Crippen LogP contribution >= 0.6 is 0 Å². The van der Waals surface area contributed by atoms with Gasteiger partial charge in [-0.15, -0.1) is 6.42 Å². The van der Waals surface area contributed by atoms with Gasteiger partial charge in [-0.3, -0.25) is 0 Å². The average Bonchev–Trinajstić information content (AvgIpc) is 2.95. The quantitative estimate of drug-likeness (QED) is 0.0779. The zero-order chi connectivity index (χ0) is 33.4. The van der Waals surface area contributed by atoms with Crippen molar-refractivity contribution >= 4 is 25.4 Å². The van der Waals surface area contributed by atoms with Crippen molar-refractivity contribution in [2.24, 2.45) is 0 Å². The van der Waals surface area contributed by atoms with Crippen molar-refractivity contribution in [1.29, 1.82) is 0 Å². The maximum absolute atomic E-state index is 10.4. The summed E-state index contributed by atoms with van der Waals surface area (Å²) in [5, 5.41) is 10.4. The van der Waals surface area contributed by atoms with Crippen LogP contribution in [-0.2, 0) is 17.4 Å². The summed E-state index contributed by atoms with van der Waals surface area (Å²) < 4.78 is 25.6. The summed E-state index contributed by atoms with van der Waals surface area (Å²) in [4.78, 5) is 0. The van der Waals surface area contributed by atoms with E-state index in [2.05, 4.69) is 147 Å². The minimum Gasteiger partial charge on any atom is -0.437 e. The Morgan fingerprint density at radius 3 is 1.34 bits per heavy atom. The predicted octanol–water partition coefficient (Wildman–Crippen LogP) is 8.82. The molecule has 0 aromatic carbocycles. The van der Waals surface area contributed by atoms with Gasteiger partial charge in [-0.25, -0.2) is 0 Å². The number of ether oxygens (including phenoxy) is 1. The molecular weight excluding hydrogens is 707 g/mol. The third-order valence-electron chi connectivity index (χ3n) is 5.97. The van der Waals surface area contributed by atoms with Crippen LogP contribution in [0.1, 0.15) is 87.1 Å². The molecule has 6 nitrogen and oxygen atoms in total. The van der Waals surface area contributed by atoms with E-state index in [1.54, 1.807) is 7.11 Å². The summed E-state index contributed by atoms with van der Waals surface area (Å²) in [5.41, 5.74) is 3.09. The van der Waals surface area contributed by atoms with Crippen molar-refractivity contribution in [3.8, 4) is 107 Å². The van der Waals surface area contributed by atoms with Crippen LogP contribution in [0.15, 0.2) is 0 Å². The number of hydrogen-bond acceptors (Lipinski definition) is 5. The van der Waals surface area contributed by atoms with Crippen LogP contribution in [-0.4, -0.2) is 88.1 Å². The van der Waals surface area contributed by atoms with E-state index in [4.69, 9.17) is 23.8 Å². The normalized spacial score (nSPS) is 10.8. The van der Waals surface area contributed by atoms with E-state index in [1.807, 2.05) is 6.55 Å². The lowest BCUT2D eigenvalue weighted by Crippen LogP contribution is -2.55. The minimum absolute atomic E-state index is 0. The lowest BCUT2D eigenvalue weighted by atomic mass is 10.3. The number of quaternary nitrogens is 1. The molecule has 0 amide bonds. The summed E-state index contributed by atoms with van der Waals surface area (Å²) in [6.07, 6.45) is 5.22. The van der Waals surface area contributed by atoms with Crippen molar-refractivity contribution in [3.63, 3.8) is 0 Å². The summed E-state index contributed by atoms with van der Waals surface area (Å²) in [6, 6.07) is 0.720. The molecule has 0 bridgehead atoms. The number of aliphatic hydroxyl groups is 1. The van der Waals surface area contributed by atoms with E-state index >= 15 is 0 Å². The number of rotatable bonds is 15. The van der Waals surface area contributed by atoms with Crippen molar-refractivity contribution in [3.05, 3.63) is 0 Å². The van der Waals surface area contributed by atoms with Gasteiger partial charge in [0.2, 0.25) is 0 Å². The first-order valence-corrected chi connectivity index (χ1v) is 22.5. The Balaban J connectivity index is -0.000000257. The fraction of sp³-hybridized carbons (Fsp3) is 0.591. The zero-order valence-electron chi connectivity index (χ0n) is 27.6. The molecular formula is C44H80NO5Si3+. The SMILES string of the molecule is C.C.C.C.C.C.C.C.C.C#CC#CC#CC#CC#CC#CC#CC#CC#C[Si](C)(OC)O[Si](C)(CCCOCC(O)C[N+](C)(CC)CC)O[Si](C)(C)C. The Morgan fingerprint density at radius 1 is 0.623 bits per heavy atom. The van der Waals surface area contributed by atoms with Gasteiger partial charge >= 0.3 is 17.1 Å². The summed E-state index contributed by atoms with van der Waals surface area (Å²) in [5.74, 6) is 40.5. The van der Waals surface area contributed by atoms with E-state index in [-0.39, 0.29) is 66.8 Å². The molecule has 0 saturated heterocycles. The van der Waals surface area contributed by atoms with Crippen molar-refractivity contribution in [2.45, 2.75) is 132 Å². The second-order valence-corrected chi connectivity index (χ2v) is 22.2. The third kappa shape index (κ3) is 41.1. The highest BCUT2D eigenvalue weighted by molar-refractivity contribution is 6.89. The molecule has 302 valence electrons. The molecule has 0 aliphatic rings. The summed E-state index contributed by atoms with van der Waals surface area (Å²) in [7, 11) is -3.75. The number of aliphatic hydroxyl groups excluding tert-OH is 1. The molecule has 1 N–H and O–H groups in total. The van der Waals surface area contributed by atoms with Gasteiger partial charge in [0.1, 0.15) is 12.6 Å². The standard InChI is InChI=1S/C35H44NO5Si3.9CH4/c1-11-14-15-16-17-18-19-20-21-22-23-24-25-26-27-28-31-43(9,38-5)41-44(10,40-42(6,7)8)32-29-30-39-34-35(37)33-36(4,12-2)13-3;;;;;;;;;/h1,35,37H,12-13,29-30,32-34H2,2-10H3;9*1H4/q+1;;;;;;;;;. The van der Waals surface area contributed by atoms with Crippen molar-refractivity contribution in [1.82, 2.24) is 0 Å². The molecule has 0 spiro atoms. The van der Waals surface area contributed by atoms with Crippen molar-refractivity contribution in [2.75, 3.05) is 47.0 Å². The number of likely N-dealkylation sites (N-methyl/N-ethyl adjacent to an activating group) is 1. The summed E-state index contributed by atoms with van der Waals surface area (Å²) >= 11 is 0. The fourth-order valence-electron chi connectivity index (χ4n) is 3.65. The molecule has 0 radical (unpaired) electrons. The van der Waals surface area contributed by atoms with Gasteiger partial charge in [0.05, 0.1) is 26.7 Å². The molecule has 0 aromatic heterocycles. The van der Waals surface area contributed by atoms with Crippen molar-refractivity contribution < 1.29 is 27.0 Å². The van der Waals surface area contributed by atoms with Gasteiger partial charge in [-0.05, 0) is 154 Å². The smallest absolute Gasteiger partial charge is 0.412 e. The maximum atomic E-state index is 10.4. The fourth-order valence-corrected chi connectivity index (χ4v) is 15.2. The van der Waals surface area contributed by atoms with E-state index in [0.717, 1.165) is 30.0 Å². The van der Waals surface area contributed by atoms with Gasteiger partial charge in [-0.2, -0.15) is 0 Å². The van der Waals surface area contributed by atoms with Crippen LogP contribution in [0, 0.1) is 107 Å². The Labute approximate surface area is 336 Å². The van der Waals surface area contributed by atoms with Gasteiger partial charge in [0.25, 0.3) is 0 Å². The van der Waals surface area contributed by atoms with Crippen LogP contribution in [0.4, 0.5) is 0 Å². The molecule has 0 rings (SSSR count). The molecule has 0 heterocycles. The second-order valence-electron chi connectivity index (χ2n) is 11.0. The van der Waals surface area contributed by atoms with Gasteiger partial charge < -0.3 is 27.0 Å². The van der Waals surface area contributed by atoms with Gasteiger partial charge in [0.15, 0.2) is 8.32 Å². The molecule has 3 atom stereocenters. The van der Waals surface area contributed by atoms with Crippen LogP contribution in [0.2, 0.25) is 38.8 Å². The number of terminal acetylenes is 1. The number of hydrogen-bond donors (Lipinski definition) is 1. The van der Waals surface area contributed by atoms with Crippen LogP contribution < -0.4 is 0 Å². The Bertz CT molecular complexity index is 1500. The molecule has 0 aliphatic carbocycles. The molecule has 0 aliphatic heterocycles. The van der Waals surface area contributed by atoms with E-state index in [1.165, 1.54) is 0 Å². The van der Waals surface area contributed by atoms with Gasteiger partial charge in [-0.1, -0.05) is 72.4 Å². The maximum Gasteiger partial charge on any atom is 0.412 e. The largest absolute Gasteiger partial charge is 0.437 e. The second kappa shape index (κ2) is 41.2. The first-order chi connectivity index (χ1) is 20.8. The third-order valence-corrected chi connectivity index (χ3v) is 16.0. The highest BCUT2D eigenvalue weighted by Crippen LogP contribution is 2.25. The van der Waals surface area contributed by atoms with E-state index < -0.39 is 31.5 Å². The topological polar surface area (TPSA) is 57.2 Å². The summed E-state index contributed by atoms with van der Waals surface area (Å²) in [6.45, 7) is 18.1. The van der Waals surface area contributed by atoms with Crippen LogP contribution in [0.5, 0.6) is 0 Å². The molecule has 0 aromatic rings. The predicted molar refractivity (Wildman–Crippen MR) is 246 cm³/mol. The average molecular weight is 787 g/mol.